The van der Waals surface area contributed by atoms with Crippen LogP contribution in [0, 0.1) is 6.92 Å². The summed E-state index contributed by atoms with van der Waals surface area (Å²) in [5.41, 5.74) is 7.38. The molecule has 0 bridgehead atoms. The fraction of sp³-hybridized carbons (Fsp3) is 0.429. The van der Waals surface area contributed by atoms with E-state index in [1.807, 2.05) is 13.0 Å². The molecule has 0 radical (unpaired) electrons. The quantitative estimate of drug-likeness (QED) is 0.894. The lowest BCUT2D eigenvalue weighted by molar-refractivity contribution is 0.213. The molecule has 2 rings (SSSR count). The van der Waals surface area contributed by atoms with E-state index in [4.69, 9.17) is 10.2 Å². The Labute approximate surface area is 126 Å². The minimum absolute atomic E-state index is 0.0720. The monoisotopic (exact) mass is 342 g/mol. The summed E-state index contributed by atoms with van der Waals surface area (Å²) in [4.78, 5) is 3.56. The number of halogens is 1. The maximum Gasteiger partial charge on any atom is 0.105 e. The summed E-state index contributed by atoms with van der Waals surface area (Å²) < 4.78 is 6.47. The maximum absolute atomic E-state index is 6.17. The van der Waals surface area contributed by atoms with Crippen LogP contribution in [-0.2, 0) is 6.54 Å². The molecule has 0 aromatic carbocycles. The van der Waals surface area contributed by atoms with Crippen LogP contribution < -0.4 is 5.73 Å². The molecule has 0 amide bonds. The van der Waals surface area contributed by atoms with E-state index < -0.39 is 0 Å². The van der Waals surface area contributed by atoms with Gasteiger partial charge in [-0.25, -0.2) is 0 Å². The summed E-state index contributed by atoms with van der Waals surface area (Å²) in [6.45, 7) is 4.88. The molecule has 2 aromatic rings. The van der Waals surface area contributed by atoms with Gasteiger partial charge >= 0.3 is 0 Å². The van der Waals surface area contributed by atoms with Crippen molar-refractivity contribution in [3.8, 4) is 0 Å². The van der Waals surface area contributed by atoms with Gasteiger partial charge in [0.25, 0.3) is 0 Å². The lowest BCUT2D eigenvalue weighted by Crippen LogP contribution is -2.36. The second kappa shape index (κ2) is 6.22. The Hall–Kier alpha value is -0.620. The Balaban J connectivity index is 2.18. The molecule has 2 N–H and O–H groups in total. The van der Waals surface area contributed by atoms with E-state index in [9.17, 15) is 0 Å². The van der Waals surface area contributed by atoms with Gasteiger partial charge in [0.2, 0.25) is 0 Å². The minimum Gasteiger partial charge on any atom is -0.469 e. The van der Waals surface area contributed by atoms with Gasteiger partial charge < -0.3 is 10.2 Å². The highest BCUT2D eigenvalue weighted by Gasteiger charge is 2.23. The van der Waals surface area contributed by atoms with E-state index in [0.29, 0.717) is 0 Å². The molecule has 0 aliphatic heterocycles. The summed E-state index contributed by atoms with van der Waals surface area (Å²) >= 11 is 5.25. The van der Waals surface area contributed by atoms with Crippen LogP contribution in [0.1, 0.15) is 29.2 Å². The zero-order valence-corrected chi connectivity index (χ0v) is 13.8. The van der Waals surface area contributed by atoms with Crippen molar-refractivity contribution in [2.45, 2.75) is 32.5 Å². The van der Waals surface area contributed by atoms with Gasteiger partial charge in [-0.1, -0.05) is 0 Å². The largest absolute Gasteiger partial charge is 0.469 e. The number of likely N-dealkylation sites (N-methyl/N-ethyl adjacent to an activating group) is 1. The van der Waals surface area contributed by atoms with Crippen LogP contribution in [0.25, 0.3) is 0 Å². The van der Waals surface area contributed by atoms with Crippen LogP contribution in [0.2, 0.25) is 0 Å². The van der Waals surface area contributed by atoms with Crippen molar-refractivity contribution in [1.82, 2.24) is 4.90 Å². The zero-order valence-electron chi connectivity index (χ0n) is 11.4. The molecule has 2 aromatic heterocycles. The predicted octanol–water partition coefficient (Wildman–Crippen LogP) is 3.93. The van der Waals surface area contributed by atoms with E-state index in [1.165, 1.54) is 10.4 Å². The smallest absolute Gasteiger partial charge is 0.105 e. The summed E-state index contributed by atoms with van der Waals surface area (Å²) in [6, 6.07) is 4.46. The van der Waals surface area contributed by atoms with Gasteiger partial charge in [0.15, 0.2) is 0 Å². The lowest BCUT2D eigenvalue weighted by atomic mass is 10.1. The molecular formula is C14H19BrN2OS. The average molecular weight is 343 g/mol. The van der Waals surface area contributed by atoms with Crippen LogP contribution in [0.5, 0.6) is 0 Å². The van der Waals surface area contributed by atoms with Gasteiger partial charge in [0.05, 0.1) is 12.3 Å². The fourth-order valence-corrected chi connectivity index (χ4v) is 4.03. The number of hydrogen-bond acceptors (Lipinski definition) is 4. The van der Waals surface area contributed by atoms with Gasteiger partial charge in [-0.15, -0.1) is 11.3 Å². The van der Waals surface area contributed by atoms with Gasteiger partial charge in [-0.2, -0.15) is 0 Å². The van der Waals surface area contributed by atoms with Gasteiger partial charge in [0.1, 0.15) is 5.76 Å². The molecule has 3 nitrogen and oxygen atoms in total. The molecule has 0 fully saturated rings. The van der Waals surface area contributed by atoms with Crippen LogP contribution in [0.3, 0.4) is 0 Å². The minimum atomic E-state index is 0.0720. The van der Waals surface area contributed by atoms with Gasteiger partial charge in [-0.05, 0) is 49.0 Å². The van der Waals surface area contributed by atoms with Crippen LogP contribution >= 0.6 is 27.3 Å². The molecule has 104 valence electrons. The van der Waals surface area contributed by atoms with E-state index in [1.54, 1.807) is 17.6 Å². The fourth-order valence-electron chi connectivity index (χ4n) is 2.30. The molecule has 0 aliphatic rings. The molecule has 0 spiro atoms. The molecule has 2 atom stereocenters. The van der Waals surface area contributed by atoms with Crippen molar-refractivity contribution in [2.24, 2.45) is 5.73 Å². The topological polar surface area (TPSA) is 42.4 Å². The molecule has 19 heavy (non-hydrogen) atoms. The Kier molecular flexibility index (Phi) is 4.84. The van der Waals surface area contributed by atoms with Crippen molar-refractivity contribution >= 4 is 27.3 Å². The molecule has 0 aliphatic carbocycles. The second-order valence-corrected chi connectivity index (χ2v) is 6.75. The van der Waals surface area contributed by atoms with E-state index >= 15 is 0 Å². The Morgan fingerprint density at radius 1 is 1.53 bits per heavy atom. The van der Waals surface area contributed by atoms with Crippen LogP contribution in [0.4, 0.5) is 0 Å². The van der Waals surface area contributed by atoms with Crippen molar-refractivity contribution in [3.05, 3.63) is 44.4 Å². The second-order valence-electron chi connectivity index (χ2n) is 4.89. The van der Waals surface area contributed by atoms with Crippen molar-refractivity contribution in [2.75, 3.05) is 7.05 Å². The van der Waals surface area contributed by atoms with E-state index in [0.717, 1.165) is 16.8 Å². The van der Waals surface area contributed by atoms with Crippen molar-refractivity contribution < 1.29 is 4.42 Å². The summed E-state index contributed by atoms with van der Waals surface area (Å²) in [6.07, 6.45) is 1.74. The highest BCUT2D eigenvalue weighted by molar-refractivity contribution is 9.10. The number of nitrogens with two attached hydrogens (primary N) is 1. The third-order valence-corrected chi connectivity index (χ3v) is 5.00. The Bertz CT molecular complexity index is 535. The highest BCUT2D eigenvalue weighted by atomic mass is 79.9. The first-order valence-corrected chi connectivity index (χ1v) is 7.89. The third kappa shape index (κ3) is 3.48. The molecule has 2 heterocycles. The van der Waals surface area contributed by atoms with Gasteiger partial charge in [0, 0.05) is 32.9 Å². The zero-order chi connectivity index (χ0) is 14.0. The summed E-state index contributed by atoms with van der Waals surface area (Å²) in [5, 5.41) is 2.10. The van der Waals surface area contributed by atoms with Crippen LogP contribution in [0.15, 0.2) is 32.7 Å². The van der Waals surface area contributed by atoms with Crippen molar-refractivity contribution in [1.29, 1.82) is 0 Å². The molecule has 0 saturated carbocycles. The highest BCUT2D eigenvalue weighted by Crippen LogP contribution is 2.31. The van der Waals surface area contributed by atoms with Gasteiger partial charge in [-0.3, -0.25) is 4.90 Å². The summed E-state index contributed by atoms with van der Waals surface area (Å²) in [5.74, 6) is 0.975. The number of nitrogens with zero attached hydrogens (tertiary/aromatic N) is 1. The number of rotatable bonds is 5. The molecule has 5 heteroatoms. The number of furan rings is 1. The average Bonchev–Trinajstić information content (AvgIpc) is 2.89. The SMILES string of the molecule is Cc1occc1CN(C)C(c1cc(Br)cs1)C(C)N. The van der Waals surface area contributed by atoms with Crippen molar-refractivity contribution in [3.63, 3.8) is 0 Å². The molecule has 0 saturated heterocycles. The Morgan fingerprint density at radius 2 is 2.26 bits per heavy atom. The standard InChI is InChI=1S/C14H19BrN2OS/c1-9(16)14(13-6-12(15)8-19-13)17(3)7-11-4-5-18-10(11)2/h4-6,8-9,14H,7,16H2,1-3H3. The summed E-state index contributed by atoms with van der Waals surface area (Å²) in [7, 11) is 2.11. The normalized spacial score (nSPS) is 14.8. The molecular weight excluding hydrogens is 324 g/mol. The first-order valence-electron chi connectivity index (χ1n) is 6.21. The first-order chi connectivity index (χ1) is 8.99. The maximum atomic E-state index is 6.17. The number of thiophene rings is 1. The van der Waals surface area contributed by atoms with E-state index in [2.05, 4.69) is 46.2 Å². The molecule has 2 unspecified atom stereocenters. The number of aryl methyl sites for hydroxylation is 1. The van der Waals surface area contributed by atoms with Crippen LogP contribution in [-0.4, -0.2) is 18.0 Å². The number of hydrogen-bond donors (Lipinski definition) is 1. The third-order valence-electron chi connectivity index (χ3n) is 3.24. The lowest BCUT2D eigenvalue weighted by Gasteiger charge is -2.30. The van der Waals surface area contributed by atoms with E-state index in [-0.39, 0.29) is 12.1 Å². The predicted molar refractivity (Wildman–Crippen MR) is 83.3 cm³/mol. The first kappa shape index (κ1) is 14.8. The Morgan fingerprint density at radius 3 is 2.74 bits per heavy atom.